The zero-order chi connectivity index (χ0) is 28.5. The number of methoxy groups -OCH3 is 1. The van der Waals surface area contributed by atoms with E-state index in [0.717, 1.165) is 5.56 Å². The second kappa shape index (κ2) is 10.9. The van der Waals surface area contributed by atoms with Crippen LogP contribution in [0.1, 0.15) is 65.4 Å². The largest absolute Gasteiger partial charge is 0.491 e. The van der Waals surface area contributed by atoms with Gasteiger partial charge in [-0.25, -0.2) is 4.98 Å². The molecule has 0 fully saturated rings. The summed E-state index contributed by atoms with van der Waals surface area (Å²) in [6.07, 6.45) is 0. The molecular formula is C28H35N5O6. The van der Waals surface area contributed by atoms with Crippen molar-refractivity contribution >= 4 is 29.2 Å². The van der Waals surface area contributed by atoms with Crippen LogP contribution < -0.4 is 19.7 Å². The van der Waals surface area contributed by atoms with Crippen molar-refractivity contribution in [3.8, 4) is 11.5 Å². The van der Waals surface area contributed by atoms with Crippen LogP contribution in [0.15, 0.2) is 18.2 Å². The fraction of sp³-hybridized carbons (Fsp3) is 0.464. The average Bonchev–Trinajstić information content (AvgIpc) is 3.20. The summed E-state index contributed by atoms with van der Waals surface area (Å²) in [7, 11) is 2.85. The summed E-state index contributed by atoms with van der Waals surface area (Å²) in [5.74, 6) is 0.0789. The van der Waals surface area contributed by atoms with Crippen molar-refractivity contribution in [3.05, 3.63) is 46.3 Å². The number of esters is 1. The van der Waals surface area contributed by atoms with Crippen molar-refractivity contribution in [2.24, 2.45) is 0 Å². The lowest BCUT2D eigenvalue weighted by Crippen LogP contribution is -2.38. The van der Waals surface area contributed by atoms with Crippen LogP contribution in [0.4, 0.5) is 5.69 Å². The van der Waals surface area contributed by atoms with Crippen molar-refractivity contribution in [2.75, 3.05) is 51.9 Å². The van der Waals surface area contributed by atoms with E-state index in [-0.39, 0.29) is 48.3 Å². The Morgan fingerprint density at radius 3 is 2.54 bits per heavy atom. The fourth-order valence-corrected chi connectivity index (χ4v) is 4.72. The minimum Gasteiger partial charge on any atom is -0.491 e. The highest BCUT2D eigenvalue weighted by Crippen LogP contribution is 2.42. The first-order valence-corrected chi connectivity index (χ1v) is 12.9. The second-order valence-corrected chi connectivity index (χ2v) is 10.5. The highest BCUT2D eigenvalue weighted by molar-refractivity contribution is 6.06. The first-order chi connectivity index (χ1) is 18.5. The number of rotatable bonds is 8. The molecule has 11 nitrogen and oxygen atoms in total. The molecule has 1 aromatic heterocycles. The molecule has 0 atom stereocenters. The van der Waals surface area contributed by atoms with Gasteiger partial charge in [-0.2, -0.15) is 0 Å². The van der Waals surface area contributed by atoms with Crippen LogP contribution in [-0.4, -0.2) is 80.4 Å². The summed E-state index contributed by atoms with van der Waals surface area (Å²) in [4.78, 5) is 46.0. The Bertz CT molecular complexity index is 1330. The smallest absolute Gasteiger partial charge is 0.325 e. The number of anilines is 1. The van der Waals surface area contributed by atoms with E-state index in [9.17, 15) is 14.4 Å². The van der Waals surface area contributed by atoms with Crippen LogP contribution in [0.25, 0.3) is 0 Å². The van der Waals surface area contributed by atoms with Crippen LogP contribution in [0.2, 0.25) is 0 Å². The lowest BCUT2D eigenvalue weighted by atomic mass is 9.84. The second-order valence-electron chi connectivity index (χ2n) is 10.5. The highest BCUT2D eigenvalue weighted by atomic mass is 16.5. The predicted molar refractivity (Wildman–Crippen MR) is 145 cm³/mol. The quantitative estimate of drug-likeness (QED) is 0.385. The van der Waals surface area contributed by atoms with Gasteiger partial charge in [0.1, 0.15) is 30.4 Å². The molecule has 0 saturated carbocycles. The third-order valence-corrected chi connectivity index (χ3v) is 6.74. The highest BCUT2D eigenvalue weighted by Gasteiger charge is 2.33. The predicted octanol–water partition coefficient (Wildman–Crippen LogP) is 2.53. The number of ether oxygens (including phenoxy) is 3. The monoisotopic (exact) mass is 537 g/mol. The van der Waals surface area contributed by atoms with Crippen molar-refractivity contribution in [2.45, 2.75) is 39.7 Å². The summed E-state index contributed by atoms with van der Waals surface area (Å²) in [5, 5.41) is 11.2. The first kappa shape index (κ1) is 27.9. The zero-order valence-corrected chi connectivity index (χ0v) is 23.3. The van der Waals surface area contributed by atoms with E-state index in [1.165, 1.54) is 14.2 Å². The van der Waals surface area contributed by atoms with Gasteiger partial charge >= 0.3 is 5.97 Å². The summed E-state index contributed by atoms with van der Waals surface area (Å²) in [6.45, 7) is 9.46. The normalized spacial score (nSPS) is 14.4. The van der Waals surface area contributed by atoms with Crippen LogP contribution in [0, 0.1) is 5.41 Å². The molecule has 2 aromatic rings. The number of amides is 1. The Labute approximate surface area is 227 Å². The average molecular weight is 538 g/mol. The molecule has 1 aromatic carbocycles. The number of carbonyl (C=O) groups excluding carboxylic acids is 3. The maximum atomic E-state index is 13.6. The number of hydrogen-bond acceptors (Lipinski definition) is 9. The maximum absolute atomic E-state index is 13.6. The van der Waals surface area contributed by atoms with E-state index in [2.05, 4.69) is 10.3 Å². The maximum Gasteiger partial charge on any atom is 0.325 e. The minimum absolute atomic E-state index is 0.0433. The molecule has 0 radical (unpaired) electrons. The van der Waals surface area contributed by atoms with Crippen molar-refractivity contribution in [3.63, 3.8) is 0 Å². The van der Waals surface area contributed by atoms with Crippen LogP contribution in [0.3, 0.4) is 0 Å². The van der Waals surface area contributed by atoms with Gasteiger partial charge in [0.05, 0.1) is 32.5 Å². The third kappa shape index (κ3) is 5.52. The Kier molecular flexibility index (Phi) is 7.80. The molecule has 208 valence electrons. The van der Waals surface area contributed by atoms with Gasteiger partial charge in [0.15, 0.2) is 17.2 Å². The molecule has 39 heavy (non-hydrogen) atoms. The van der Waals surface area contributed by atoms with E-state index in [1.807, 2.05) is 38.7 Å². The number of benzene rings is 1. The van der Waals surface area contributed by atoms with Crippen molar-refractivity contribution in [1.82, 2.24) is 15.2 Å². The number of Topliss-reactive ketones (excluding diaryl/α,β-unsaturated/α-hetero) is 1. The van der Waals surface area contributed by atoms with E-state index < -0.39 is 5.91 Å². The minimum atomic E-state index is -0.411. The summed E-state index contributed by atoms with van der Waals surface area (Å²) in [6, 6.07) is 5.30. The van der Waals surface area contributed by atoms with Crippen LogP contribution in [-0.2, 0) is 21.5 Å². The molecule has 0 bridgehead atoms. The molecular weight excluding hydrogens is 502 g/mol. The molecule has 0 saturated heterocycles. The number of fused-ring (bicyclic) bond motifs is 2. The number of aromatic nitrogens is 1. The van der Waals surface area contributed by atoms with E-state index >= 15 is 0 Å². The van der Waals surface area contributed by atoms with E-state index in [0.29, 0.717) is 53.8 Å². The molecule has 2 N–H and O–H groups in total. The van der Waals surface area contributed by atoms with Gasteiger partial charge in [-0.1, -0.05) is 20.8 Å². The fourth-order valence-electron chi connectivity index (χ4n) is 4.72. The van der Waals surface area contributed by atoms with E-state index in [4.69, 9.17) is 19.6 Å². The van der Waals surface area contributed by atoms with Gasteiger partial charge in [0.2, 0.25) is 0 Å². The Hall–Kier alpha value is -4.15. The molecule has 2 aliphatic heterocycles. The van der Waals surface area contributed by atoms with Gasteiger partial charge in [-0.15, -0.1) is 0 Å². The molecule has 1 amide bonds. The lowest BCUT2D eigenvalue weighted by Gasteiger charge is -2.35. The third-order valence-electron chi connectivity index (χ3n) is 6.74. The van der Waals surface area contributed by atoms with Gasteiger partial charge in [0, 0.05) is 30.3 Å². The molecule has 0 unspecified atom stereocenters. The van der Waals surface area contributed by atoms with Gasteiger partial charge < -0.3 is 29.3 Å². The van der Waals surface area contributed by atoms with Crippen molar-refractivity contribution in [1.29, 1.82) is 5.41 Å². The van der Waals surface area contributed by atoms with Gasteiger partial charge in [-0.3, -0.25) is 19.8 Å². The number of hydrogen-bond donors (Lipinski definition) is 2. The molecule has 4 rings (SSSR count). The molecule has 0 aliphatic carbocycles. The number of nitrogens with zero attached hydrogens (tertiary/aromatic N) is 3. The Morgan fingerprint density at radius 1 is 1.15 bits per heavy atom. The van der Waals surface area contributed by atoms with E-state index in [1.54, 1.807) is 17.0 Å². The topological polar surface area (TPSA) is 134 Å². The molecule has 3 heterocycles. The summed E-state index contributed by atoms with van der Waals surface area (Å²) < 4.78 is 16.5. The standard InChI is InChI=1S/C28H35N5O6/c1-7-38-21-12-17-13-33(26(29)23(17)31-24(21)27(36)30-5)14-20(34)16-10-18(28(2,3)4)25-19(11-16)32(8-9-39-25)15-22(35)37-6/h10-12,29H,7-9,13-15H2,1-6H3,(H,30,36). The Morgan fingerprint density at radius 2 is 1.90 bits per heavy atom. The molecule has 11 heteroatoms. The SMILES string of the molecule is CCOc1cc2c(nc1C(=O)NC)C(=N)N(CC(=O)c1cc3c(c(C(C)(C)C)c1)OCCN3CC(=O)OC)C2. The number of ketones is 1. The molecule has 2 aliphatic rings. The van der Waals surface area contributed by atoms with Crippen LogP contribution in [0.5, 0.6) is 11.5 Å². The summed E-state index contributed by atoms with van der Waals surface area (Å²) >= 11 is 0. The van der Waals surface area contributed by atoms with Gasteiger partial charge in [0.25, 0.3) is 5.91 Å². The Balaban J connectivity index is 1.65. The summed E-state index contributed by atoms with van der Waals surface area (Å²) in [5.41, 5.74) is 2.81. The number of pyridine rings is 1. The number of carbonyl (C=O) groups is 3. The lowest BCUT2D eigenvalue weighted by molar-refractivity contribution is -0.139. The molecule has 0 spiro atoms. The first-order valence-electron chi connectivity index (χ1n) is 12.9. The number of amidine groups is 1. The van der Waals surface area contributed by atoms with Crippen molar-refractivity contribution < 1.29 is 28.6 Å². The zero-order valence-electron chi connectivity index (χ0n) is 23.3. The van der Waals surface area contributed by atoms with Gasteiger partial charge in [-0.05, 0) is 30.5 Å². The number of nitrogens with one attached hydrogen (secondary N) is 2. The van der Waals surface area contributed by atoms with Crippen LogP contribution >= 0.6 is 0 Å².